The molecule has 0 atom stereocenters. The van der Waals surface area contributed by atoms with E-state index in [0.717, 1.165) is 62.5 Å². The van der Waals surface area contributed by atoms with Crippen LogP contribution in [0, 0.1) is 11.7 Å². The van der Waals surface area contributed by atoms with Gasteiger partial charge in [0.2, 0.25) is 0 Å². The minimum absolute atomic E-state index is 0. The van der Waals surface area contributed by atoms with Crippen LogP contribution in [0.15, 0.2) is 35.6 Å². The smallest absolute Gasteiger partial charge is 0.175 e. The van der Waals surface area contributed by atoms with E-state index in [2.05, 4.69) is 32.2 Å². The van der Waals surface area contributed by atoms with Gasteiger partial charge in [-0.2, -0.15) is 5.10 Å². The van der Waals surface area contributed by atoms with Crippen molar-refractivity contribution in [3.63, 3.8) is 0 Å². The molecule has 4 rings (SSSR count). The number of hydrogen-bond donors (Lipinski definition) is 1. The van der Waals surface area contributed by atoms with E-state index in [1.54, 1.807) is 6.20 Å². The molecule has 1 saturated heterocycles. The van der Waals surface area contributed by atoms with Gasteiger partial charge in [0.15, 0.2) is 15.5 Å². The SMILES string of the molecule is CCN(CC1CCNCC1)c1ncnc2c1cnn2-c1ccc(S(C)(=O)=O)cc1F.Cl. The van der Waals surface area contributed by atoms with Gasteiger partial charge in [0.25, 0.3) is 0 Å². The van der Waals surface area contributed by atoms with Crippen molar-refractivity contribution >= 4 is 39.1 Å². The lowest BCUT2D eigenvalue weighted by molar-refractivity contribution is 0.374. The van der Waals surface area contributed by atoms with Gasteiger partial charge in [-0.1, -0.05) is 0 Å². The summed E-state index contributed by atoms with van der Waals surface area (Å²) in [5, 5.41) is 8.45. The van der Waals surface area contributed by atoms with Crippen LogP contribution >= 0.6 is 12.4 Å². The summed E-state index contributed by atoms with van der Waals surface area (Å²) in [6.07, 6.45) is 6.40. The Morgan fingerprint density at radius 3 is 2.65 bits per heavy atom. The number of fused-ring (bicyclic) bond motifs is 1. The molecule has 1 aliphatic heterocycles. The van der Waals surface area contributed by atoms with E-state index in [0.29, 0.717) is 11.6 Å². The Bertz CT molecular complexity index is 1160. The number of aromatic nitrogens is 4. The van der Waals surface area contributed by atoms with Crippen molar-refractivity contribution in [1.82, 2.24) is 25.1 Å². The van der Waals surface area contributed by atoms with Gasteiger partial charge in [0, 0.05) is 19.3 Å². The van der Waals surface area contributed by atoms with Crippen LogP contribution in [-0.4, -0.2) is 60.6 Å². The third-order valence-corrected chi connectivity index (χ3v) is 6.65. The first kappa shape index (κ1) is 23.4. The molecule has 1 aliphatic rings. The molecule has 3 heterocycles. The third-order valence-electron chi connectivity index (χ3n) is 5.54. The highest BCUT2D eigenvalue weighted by atomic mass is 35.5. The number of anilines is 1. The molecule has 0 spiro atoms. The summed E-state index contributed by atoms with van der Waals surface area (Å²) in [6.45, 7) is 5.83. The van der Waals surface area contributed by atoms with E-state index in [1.807, 2.05) is 0 Å². The number of nitrogens with one attached hydrogen (secondary N) is 1. The molecule has 3 aromatic rings. The molecular formula is C20H26ClFN6O2S. The first-order valence-corrected chi connectivity index (χ1v) is 11.9. The minimum atomic E-state index is -3.50. The third kappa shape index (κ3) is 4.81. The molecule has 0 radical (unpaired) electrons. The Kier molecular flexibility index (Phi) is 7.13. The lowest BCUT2D eigenvalue weighted by Gasteiger charge is -2.30. The standard InChI is InChI=1S/C20H25FN6O2S.ClH/c1-3-26(12-14-6-8-22-9-7-14)19-16-11-25-27(20(16)24-13-23-19)18-5-4-15(10-17(18)21)30(2,28)29;/h4-5,10-11,13-14,22H,3,6-9,12H2,1-2H3;1H. The van der Waals surface area contributed by atoms with Crippen LogP contribution in [-0.2, 0) is 9.84 Å². The zero-order valence-electron chi connectivity index (χ0n) is 17.5. The Labute approximate surface area is 187 Å². The highest BCUT2D eigenvalue weighted by molar-refractivity contribution is 7.90. The zero-order chi connectivity index (χ0) is 21.3. The second-order valence-corrected chi connectivity index (χ2v) is 9.62. The van der Waals surface area contributed by atoms with E-state index in [1.165, 1.54) is 23.1 Å². The van der Waals surface area contributed by atoms with Crippen molar-refractivity contribution < 1.29 is 12.8 Å². The normalized spacial score (nSPS) is 15.1. The monoisotopic (exact) mass is 468 g/mol. The van der Waals surface area contributed by atoms with Gasteiger partial charge in [-0.25, -0.2) is 27.5 Å². The maximum absolute atomic E-state index is 14.7. The van der Waals surface area contributed by atoms with Crippen LogP contribution < -0.4 is 10.2 Å². The van der Waals surface area contributed by atoms with E-state index in [4.69, 9.17) is 0 Å². The second-order valence-electron chi connectivity index (χ2n) is 7.61. The summed E-state index contributed by atoms with van der Waals surface area (Å²) in [5.41, 5.74) is 0.623. The summed E-state index contributed by atoms with van der Waals surface area (Å²) in [7, 11) is -3.50. The predicted octanol–water partition coefficient (Wildman–Crippen LogP) is 2.61. The van der Waals surface area contributed by atoms with E-state index in [-0.39, 0.29) is 23.0 Å². The highest BCUT2D eigenvalue weighted by Gasteiger charge is 2.21. The molecular weight excluding hydrogens is 443 g/mol. The van der Waals surface area contributed by atoms with Crippen LogP contribution in [0.5, 0.6) is 0 Å². The van der Waals surface area contributed by atoms with Gasteiger partial charge in [-0.3, -0.25) is 0 Å². The van der Waals surface area contributed by atoms with Crippen molar-refractivity contribution in [3.05, 3.63) is 36.5 Å². The van der Waals surface area contributed by atoms with Gasteiger partial charge in [0.1, 0.15) is 23.6 Å². The number of nitrogens with zero attached hydrogens (tertiary/aromatic N) is 5. The Hall–Kier alpha value is -2.30. The quantitative estimate of drug-likeness (QED) is 0.594. The van der Waals surface area contributed by atoms with Gasteiger partial charge >= 0.3 is 0 Å². The lowest BCUT2D eigenvalue weighted by Crippen LogP contribution is -2.36. The first-order valence-electron chi connectivity index (χ1n) is 10.0. The Morgan fingerprint density at radius 1 is 1.26 bits per heavy atom. The van der Waals surface area contributed by atoms with Crippen LogP contribution in [0.25, 0.3) is 16.7 Å². The summed E-state index contributed by atoms with van der Waals surface area (Å²) < 4.78 is 39.5. The molecule has 0 bridgehead atoms. The fourth-order valence-corrected chi connectivity index (χ4v) is 4.52. The molecule has 31 heavy (non-hydrogen) atoms. The summed E-state index contributed by atoms with van der Waals surface area (Å²) in [5.74, 6) is 0.692. The Morgan fingerprint density at radius 2 is 2.00 bits per heavy atom. The molecule has 0 aliphatic carbocycles. The van der Waals surface area contributed by atoms with Crippen molar-refractivity contribution in [2.75, 3.05) is 37.3 Å². The fourth-order valence-electron chi connectivity index (χ4n) is 3.89. The topological polar surface area (TPSA) is 93.0 Å². The van der Waals surface area contributed by atoms with Crippen molar-refractivity contribution in [3.8, 4) is 5.69 Å². The average Bonchev–Trinajstić information content (AvgIpc) is 3.16. The molecule has 0 unspecified atom stereocenters. The number of piperidine rings is 1. The zero-order valence-corrected chi connectivity index (χ0v) is 19.1. The van der Waals surface area contributed by atoms with Gasteiger partial charge in [0.05, 0.1) is 16.5 Å². The largest absolute Gasteiger partial charge is 0.356 e. The predicted molar refractivity (Wildman–Crippen MR) is 120 cm³/mol. The molecule has 168 valence electrons. The molecule has 11 heteroatoms. The summed E-state index contributed by atoms with van der Waals surface area (Å²) in [6, 6.07) is 3.79. The molecule has 8 nitrogen and oxygen atoms in total. The number of rotatable bonds is 6. The van der Waals surface area contributed by atoms with Crippen molar-refractivity contribution in [2.45, 2.75) is 24.7 Å². The summed E-state index contributed by atoms with van der Waals surface area (Å²) in [4.78, 5) is 11.0. The maximum atomic E-state index is 14.7. The van der Waals surface area contributed by atoms with E-state index < -0.39 is 15.7 Å². The van der Waals surface area contributed by atoms with E-state index >= 15 is 0 Å². The second kappa shape index (κ2) is 9.46. The Balaban J connectivity index is 0.00000272. The number of sulfone groups is 1. The molecule has 0 amide bonds. The lowest BCUT2D eigenvalue weighted by atomic mass is 9.97. The summed E-state index contributed by atoms with van der Waals surface area (Å²) >= 11 is 0. The van der Waals surface area contributed by atoms with Crippen LogP contribution in [0.3, 0.4) is 0 Å². The van der Waals surface area contributed by atoms with E-state index in [9.17, 15) is 12.8 Å². The maximum Gasteiger partial charge on any atom is 0.175 e. The molecule has 1 aromatic carbocycles. The fraction of sp³-hybridized carbons (Fsp3) is 0.450. The van der Waals surface area contributed by atoms with Crippen LogP contribution in [0.4, 0.5) is 10.2 Å². The first-order chi connectivity index (χ1) is 14.4. The molecule has 0 saturated carbocycles. The van der Waals surface area contributed by atoms with Gasteiger partial charge < -0.3 is 10.2 Å². The molecule has 1 N–H and O–H groups in total. The number of benzene rings is 1. The van der Waals surface area contributed by atoms with Gasteiger partial charge in [-0.15, -0.1) is 12.4 Å². The highest BCUT2D eigenvalue weighted by Crippen LogP contribution is 2.27. The average molecular weight is 469 g/mol. The van der Waals surface area contributed by atoms with Gasteiger partial charge in [-0.05, 0) is 57.0 Å². The molecule has 1 fully saturated rings. The minimum Gasteiger partial charge on any atom is -0.356 e. The van der Waals surface area contributed by atoms with Crippen molar-refractivity contribution in [2.24, 2.45) is 5.92 Å². The van der Waals surface area contributed by atoms with Crippen LogP contribution in [0.2, 0.25) is 0 Å². The number of hydrogen-bond acceptors (Lipinski definition) is 7. The number of halogens is 2. The van der Waals surface area contributed by atoms with Crippen molar-refractivity contribution in [1.29, 1.82) is 0 Å². The van der Waals surface area contributed by atoms with Crippen LogP contribution in [0.1, 0.15) is 19.8 Å². The molecule has 2 aromatic heterocycles.